The fraction of sp³-hybridized carbons (Fsp3) is 0. The zero-order chi connectivity index (χ0) is 4.28. The molecule has 0 saturated carbocycles. The van der Waals surface area contributed by atoms with E-state index >= 15 is 0 Å². The Balaban J connectivity index is 0. The minimum absolute atomic E-state index is 0. The van der Waals surface area contributed by atoms with Crippen molar-refractivity contribution in [1.82, 2.24) is 0 Å². The third-order valence-corrected chi connectivity index (χ3v) is 1.35. The van der Waals surface area contributed by atoms with Crippen molar-refractivity contribution < 1.29 is 29.6 Å². The summed E-state index contributed by atoms with van der Waals surface area (Å²) < 4.78 is 0.319. The van der Waals surface area contributed by atoms with Crippen molar-refractivity contribution in [1.29, 1.82) is 0 Å². The minimum atomic E-state index is 0. The van der Waals surface area contributed by atoms with Gasteiger partial charge in [-0.05, 0) is 0 Å². The van der Waals surface area contributed by atoms with Gasteiger partial charge in [-0.15, -0.1) is 0 Å². The van der Waals surface area contributed by atoms with Crippen molar-refractivity contribution in [2.24, 2.45) is 5.73 Å². The van der Waals surface area contributed by atoms with Gasteiger partial charge in [0.25, 0.3) is 0 Å². The van der Waals surface area contributed by atoms with E-state index in [1.165, 1.54) is 0 Å². The first kappa shape index (κ1) is 10.5. The maximum Gasteiger partial charge on any atom is 1.00 e. The van der Waals surface area contributed by atoms with Crippen LogP contribution in [0.1, 0.15) is 0 Å². The van der Waals surface area contributed by atoms with Crippen LogP contribution in [-0.2, 0) is 11.7 Å². The molecule has 0 fully saturated rings. The van der Waals surface area contributed by atoms with Crippen LogP contribution in [0.4, 0.5) is 0 Å². The number of hydrogen-bond donors (Lipinski definition) is 1. The van der Waals surface area contributed by atoms with Crippen molar-refractivity contribution in [3.05, 3.63) is 0 Å². The summed E-state index contributed by atoms with van der Waals surface area (Å²) >= 11 is 8.66. The van der Waals surface area contributed by atoms with Gasteiger partial charge in [-0.1, -0.05) is 12.2 Å². The van der Waals surface area contributed by atoms with Crippen molar-refractivity contribution >= 4 is 39.0 Å². The van der Waals surface area contributed by atoms with E-state index in [4.69, 9.17) is 5.73 Å². The number of thiocarbonyl (C=S) groups is 1. The fourth-order valence-corrected chi connectivity index (χ4v) is 0. The smallest absolute Gasteiger partial charge is 0.712 e. The van der Waals surface area contributed by atoms with Crippen molar-refractivity contribution in [3.8, 4) is 0 Å². The molecule has 0 saturated heterocycles. The molecule has 0 amide bonds. The summed E-state index contributed by atoms with van der Waals surface area (Å²) in [7, 11) is 0.972. The van der Waals surface area contributed by atoms with Gasteiger partial charge in [0.1, 0.15) is 4.32 Å². The van der Waals surface area contributed by atoms with Crippen molar-refractivity contribution in [2.45, 2.75) is 0 Å². The molecule has 0 aliphatic rings. The molecule has 0 bridgehead atoms. The van der Waals surface area contributed by atoms with E-state index < -0.39 is 0 Å². The molecule has 0 rings (SSSR count). The average Bonchev–Trinajstić information content (AvgIpc) is 1.38. The first-order valence-electron chi connectivity index (χ1n) is 0.864. The molecular weight excluding hydrogens is 145 g/mol. The molecule has 30 valence electrons. The summed E-state index contributed by atoms with van der Waals surface area (Å²) in [5.41, 5.74) is 4.88. The van der Waals surface area contributed by atoms with Gasteiger partial charge >= 0.3 is 29.6 Å². The van der Waals surface area contributed by atoms with Crippen LogP contribution in [0.15, 0.2) is 0 Å². The second-order valence-corrected chi connectivity index (χ2v) is 2.21. The number of rotatable bonds is 0. The van der Waals surface area contributed by atoms with Gasteiger partial charge in [0.15, 0.2) is 0 Å². The van der Waals surface area contributed by atoms with Crippen LogP contribution in [0.25, 0.3) is 0 Å². The Hall–Kier alpha value is 1.59. The van der Waals surface area contributed by atoms with E-state index in [0.717, 1.165) is 10.8 Å². The van der Waals surface area contributed by atoms with Crippen molar-refractivity contribution in [3.63, 3.8) is 0 Å². The number of nitrogens with two attached hydrogens (primary N) is 1. The van der Waals surface area contributed by atoms with E-state index in [2.05, 4.69) is 23.9 Å². The standard InChI is InChI=1S/CH3NS3.Na/c2-1(3)5-4;/h4H,(H2,2,3);/q;+1/p-1. The van der Waals surface area contributed by atoms with E-state index in [9.17, 15) is 0 Å². The van der Waals surface area contributed by atoms with Crippen LogP contribution in [0.5, 0.6) is 0 Å². The molecule has 5 heteroatoms. The zero-order valence-corrected chi connectivity index (χ0v) is 7.75. The second kappa shape index (κ2) is 6.59. The summed E-state index contributed by atoms with van der Waals surface area (Å²) in [5.74, 6) is 0. The van der Waals surface area contributed by atoms with Crippen LogP contribution < -0.4 is 35.3 Å². The maximum atomic E-state index is 4.88. The third kappa shape index (κ3) is 9.14. The molecule has 0 spiro atoms. The molecule has 1 nitrogen and oxygen atoms in total. The molecule has 6 heavy (non-hydrogen) atoms. The van der Waals surface area contributed by atoms with Gasteiger partial charge in [0.2, 0.25) is 0 Å². The second-order valence-electron chi connectivity index (χ2n) is 0.402. The van der Waals surface area contributed by atoms with Crippen LogP contribution in [0, 0.1) is 0 Å². The first-order valence-corrected chi connectivity index (χ1v) is 3.01. The molecule has 0 aliphatic heterocycles. The molecule has 0 aromatic heterocycles. The third-order valence-electron chi connectivity index (χ3n) is 0.0821. The molecule has 0 unspecified atom stereocenters. The van der Waals surface area contributed by atoms with Crippen LogP contribution >= 0.6 is 23.0 Å². The van der Waals surface area contributed by atoms with E-state index in [1.807, 2.05) is 0 Å². The summed E-state index contributed by atoms with van der Waals surface area (Å²) in [6, 6.07) is 0. The van der Waals surface area contributed by atoms with Gasteiger partial charge in [-0.2, -0.15) is 0 Å². The largest absolute Gasteiger partial charge is 1.00 e. The molecule has 0 atom stereocenters. The summed E-state index contributed by atoms with van der Waals surface area (Å²) in [6.45, 7) is 0. The van der Waals surface area contributed by atoms with Gasteiger partial charge in [-0.25, -0.2) is 0 Å². The Morgan fingerprint density at radius 3 is 2.00 bits per heavy atom. The molecule has 0 aromatic rings. The summed E-state index contributed by atoms with van der Waals surface area (Å²) in [4.78, 5) is 0. The Bertz CT molecular complexity index is 46.1. The van der Waals surface area contributed by atoms with Crippen LogP contribution in [0.2, 0.25) is 0 Å². The monoisotopic (exact) mass is 147 g/mol. The predicted octanol–water partition coefficient (Wildman–Crippen LogP) is -2.57. The molecular formula is CH2NNaS3. The fourth-order valence-electron chi connectivity index (χ4n) is 0. The Kier molecular flexibility index (Phi) is 11.6. The van der Waals surface area contributed by atoms with Gasteiger partial charge in [0, 0.05) is 0 Å². The van der Waals surface area contributed by atoms with Gasteiger partial charge in [-0.3, -0.25) is 10.8 Å². The number of hydrogen-bond acceptors (Lipinski definition) is 3. The molecule has 0 aliphatic carbocycles. The quantitative estimate of drug-likeness (QED) is 0.176. The Morgan fingerprint density at radius 1 is 1.83 bits per heavy atom. The van der Waals surface area contributed by atoms with Crippen LogP contribution in [-0.4, -0.2) is 4.32 Å². The van der Waals surface area contributed by atoms with Crippen molar-refractivity contribution in [2.75, 3.05) is 0 Å². The SMILES string of the molecule is NC(=S)S[S-].[Na+]. The Labute approximate surface area is 73.5 Å². The van der Waals surface area contributed by atoms with E-state index in [-0.39, 0.29) is 29.6 Å². The predicted molar refractivity (Wildman–Crippen MR) is 31.7 cm³/mol. The average molecular weight is 147 g/mol. The molecule has 0 heterocycles. The zero-order valence-electron chi connectivity index (χ0n) is 3.30. The molecule has 0 radical (unpaired) electrons. The Morgan fingerprint density at radius 2 is 2.00 bits per heavy atom. The minimum Gasteiger partial charge on any atom is -0.712 e. The van der Waals surface area contributed by atoms with Gasteiger partial charge < -0.3 is 17.4 Å². The summed E-state index contributed by atoms with van der Waals surface area (Å²) in [5, 5.41) is 0. The normalized spacial score (nSPS) is 6.17. The van der Waals surface area contributed by atoms with Gasteiger partial charge in [0.05, 0.1) is 0 Å². The maximum absolute atomic E-state index is 4.88. The van der Waals surface area contributed by atoms with E-state index in [1.54, 1.807) is 0 Å². The summed E-state index contributed by atoms with van der Waals surface area (Å²) in [6.07, 6.45) is 0. The first-order chi connectivity index (χ1) is 2.27. The molecule has 2 N–H and O–H groups in total. The topological polar surface area (TPSA) is 26.0 Å². The molecule has 0 aromatic carbocycles. The van der Waals surface area contributed by atoms with E-state index in [0.29, 0.717) is 4.32 Å². The van der Waals surface area contributed by atoms with Crippen LogP contribution in [0.3, 0.4) is 0 Å².